The normalized spacial score (nSPS) is 14.4. The maximum atomic E-state index is 14.3. The lowest BCUT2D eigenvalue weighted by atomic mass is 9.69. The van der Waals surface area contributed by atoms with Crippen molar-refractivity contribution in [3.63, 3.8) is 0 Å². The summed E-state index contributed by atoms with van der Waals surface area (Å²) < 4.78 is 18.8. The van der Waals surface area contributed by atoms with E-state index in [0.717, 1.165) is 22.3 Å². The molecule has 0 aromatic heterocycles. The lowest BCUT2D eigenvalue weighted by Crippen LogP contribution is -2.26. The summed E-state index contributed by atoms with van der Waals surface area (Å²) in [6, 6.07) is 10.0. The second-order valence-electron chi connectivity index (χ2n) is 8.27. The van der Waals surface area contributed by atoms with Gasteiger partial charge in [-0.05, 0) is 59.2 Å². The Labute approximate surface area is 181 Å². The van der Waals surface area contributed by atoms with Gasteiger partial charge in [-0.2, -0.15) is 0 Å². The second kappa shape index (κ2) is 8.77. The van der Waals surface area contributed by atoms with E-state index in [1.807, 2.05) is 19.1 Å². The van der Waals surface area contributed by atoms with E-state index < -0.39 is 17.8 Å². The Kier molecular flexibility index (Phi) is 6.31. The molecule has 0 aliphatic heterocycles. The highest BCUT2D eigenvalue weighted by molar-refractivity contribution is 6.17. The minimum Gasteiger partial charge on any atom is -0.478 e. The molecule has 0 saturated carbocycles. The Morgan fingerprint density at radius 2 is 1.77 bits per heavy atom. The van der Waals surface area contributed by atoms with Gasteiger partial charge in [0, 0.05) is 11.1 Å². The second-order valence-corrected chi connectivity index (χ2v) is 8.27. The molecule has 2 aromatic carbocycles. The Bertz CT molecular complexity index is 1150. The minimum atomic E-state index is -0.907. The Morgan fingerprint density at radius 1 is 1.13 bits per heavy atom. The van der Waals surface area contributed by atoms with Gasteiger partial charge in [-0.3, -0.25) is 4.79 Å². The third kappa shape index (κ3) is 4.69. The van der Waals surface area contributed by atoms with Crippen LogP contribution in [0, 0.1) is 17.7 Å². The largest absolute Gasteiger partial charge is 0.478 e. The van der Waals surface area contributed by atoms with E-state index in [4.69, 9.17) is 0 Å². The Morgan fingerprint density at radius 3 is 2.35 bits per heavy atom. The summed E-state index contributed by atoms with van der Waals surface area (Å²) in [6.45, 7) is 6.19. The number of rotatable bonds is 4. The first-order valence-electron chi connectivity index (χ1n) is 10.1. The molecule has 0 unspecified atom stereocenters. The van der Waals surface area contributed by atoms with Crippen LogP contribution in [0.25, 0.3) is 5.57 Å². The summed E-state index contributed by atoms with van der Waals surface area (Å²) in [5.74, 6) is 4.08. The molecule has 4 nitrogen and oxygen atoms in total. The molecule has 0 heterocycles. The summed E-state index contributed by atoms with van der Waals surface area (Å²) >= 11 is 0. The average molecular weight is 420 g/mol. The number of aliphatic carboxylic acids is 1. The number of methoxy groups -OCH3 is 1. The van der Waals surface area contributed by atoms with Crippen LogP contribution in [0.1, 0.15) is 61.4 Å². The maximum absolute atomic E-state index is 14.3. The predicted molar refractivity (Wildman–Crippen MR) is 117 cm³/mol. The number of benzene rings is 2. The molecule has 0 spiro atoms. The summed E-state index contributed by atoms with van der Waals surface area (Å²) in [7, 11) is 1.26. The van der Waals surface area contributed by atoms with Crippen molar-refractivity contribution in [2.45, 2.75) is 45.4 Å². The van der Waals surface area contributed by atoms with E-state index in [2.05, 4.69) is 30.4 Å². The van der Waals surface area contributed by atoms with E-state index >= 15 is 0 Å². The van der Waals surface area contributed by atoms with E-state index in [1.54, 1.807) is 12.1 Å². The van der Waals surface area contributed by atoms with Crippen LogP contribution in [0.2, 0.25) is 0 Å². The fourth-order valence-corrected chi connectivity index (χ4v) is 4.02. The third-order valence-electron chi connectivity index (χ3n) is 5.63. The molecule has 160 valence electrons. The van der Waals surface area contributed by atoms with Gasteiger partial charge in [0.15, 0.2) is 0 Å². The number of ether oxygens (including phenoxy) is 1. The van der Waals surface area contributed by atoms with Crippen LogP contribution in [0.3, 0.4) is 0 Å². The molecule has 2 aromatic rings. The van der Waals surface area contributed by atoms with Gasteiger partial charge in [-0.15, -0.1) is 0 Å². The van der Waals surface area contributed by atoms with Crippen molar-refractivity contribution in [2.24, 2.45) is 0 Å². The molecule has 1 aliphatic carbocycles. The molecule has 31 heavy (non-hydrogen) atoms. The Balaban J connectivity index is 1.96. The highest BCUT2D eigenvalue weighted by Crippen LogP contribution is 2.43. The molecule has 3 rings (SSSR count). The van der Waals surface area contributed by atoms with Gasteiger partial charge < -0.3 is 9.84 Å². The molecule has 1 aliphatic rings. The van der Waals surface area contributed by atoms with E-state index in [9.17, 15) is 19.1 Å². The standard InChI is InChI=1S/C26H25FO4/c1-5-18-15-26(2,3)21-12-16(9-11-20(21)24(18)25(29)30)6-7-17-8-10-19(22(27)13-17)14-23(28)31-4/h8-13H,5,14-15H2,1-4H3,(H,29,30). The third-order valence-corrected chi connectivity index (χ3v) is 5.63. The van der Waals surface area contributed by atoms with Crippen LogP contribution in [0.4, 0.5) is 4.39 Å². The number of hydrogen-bond acceptors (Lipinski definition) is 3. The van der Waals surface area contributed by atoms with Crippen molar-refractivity contribution in [2.75, 3.05) is 7.11 Å². The van der Waals surface area contributed by atoms with Gasteiger partial charge in [0.1, 0.15) is 5.82 Å². The van der Waals surface area contributed by atoms with Gasteiger partial charge in [-0.1, -0.05) is 50.3 Å². The van der Waals surface area contributed by atoms with Gasteiger partial charge in [-0.25, -0.2) is 9.18 Å². The minimum absolute atomic E-state index is 0.130. The zero-order valence-corrected chi connectivity index (χ0v) is 18.1. The van der Waals surface area contributed by atoms with Crippen LogP contribution in [0.5, 0.6) is 0 Å². The maximum Gasteiger partial charge on any atom is 0.336 e. The smallest absolute Gasteiger partial charge is 0.336 e. The van der Waals surface area contributed by atoms with Crippen molar-refractivity contribution in [1.29, 1.82) is 0 Å². The molecule has 0 amide bonds. The van der Waals surface area contributed by atoms with E-state index in [0.29, 0.717) is 24.0 Å². The molecule has 0 bridgehead atoms. The first-order chi connectivity index (χ1) is 14.7. The molecule has 1 N–H and O–H groups in total. The van der Waals surface area contributed by atoms with Crippen LogP contribution < -0.4 is 0 Å². The van der Waals surface area contributed by atoms with Crippen molar-refractivity contribution < 1.29 is 23.8 Å². The van der Waals surface area contributed by atoms with Gasteiger partial charge in [0.25, 0.3) is 0 Å². The SMILES string of the molecule is CCC1=C(C(=O)O)c2ccc(C#Cc3ccc(CC(=O)OC)c(F)c3)cc2C(C)(C)C1. The molecule has 0 fully saturated rings. The highest BCUT2D eigenvalue weighted by atomic mass is 19.1. The average Bonchev–Trinajstić information content (AvgIpc) is 2.73. The fourth-order valence-electron chi connectivity index (χ4n) is 4.02. The van der Waals surface area contributed by atoms with Crippen molar-refractivity contribution >= 4 is 17.5 Å². The van der Waals surface area contributed by atoms with Crippen LogP contribution in [-0.4, -0.2) is 24.2 Å². The number of carbonyl (C=O) groups is 2. The van der Waals surface area contributed by atoms with E-state index in [1.165, 1.54) is 19.2 Å². The number of carboxylic acids is 1. The summed E-state index contributed by atoms with van der Waals surface area (Å²) in [5, 5.41) is 9.75. The number of carbonyl (C=O) groups excluding carboxylic acids is 1. The molecule has 5 heteroatoms. The van der Waals surface area contributed by atoms with Crippen molar-refractivity contribution in [3.05, 3.63) is 75.6 Å². The molecular formula is C26H25FO4. The van der Waals surface area contributed by atoms with E-state index in [-0.39, 0.29) is 17.4 Å². The number of esters is 1. The van der Waals surface area contributed by atoms with Crippen molar-refractivity contribution in [1.82, 2.24) is 0 Å². The van der Waals surface area contributed by atoms with Gasteiger partial charge >= 0.3 is 11.9 Å². The lowest BCUT2D eigenvalue weighted by Gasteiger charge is -2.34. The number of fused-ring (bicyclic) bond motifs is 1. The van der Waals surface area contributed by atoms with Gasteiger partial charge in [0.05, 0.1) is 19.1 Å². The molecular weight excluding hydrogens is 395 g/mol. The highest BCUT2D eigenvalue weighted by Gasteiger charge is 2.34. The number of allylic oxidation sites excluding steroid dienone is 1. The number of halogens is 1. The monoisotopic (exact) mass is 420 g/mol. The fraction of sp³-hybridized carbons (Fsp3) is 0.308. The topological polar surface area (TPSA) is 63.6 Å². The number of hydrogen-bond donors (Lipinski definition) is 1. The summed E-state index contributed by atoms with van der Waals surface area (Å²) in [4.78, 5) is 23.2. The zero-order chi connectivity index (χ0) is 22.8. The Hall–Kier alpha value is -3.39. The summed E-state index contributed by atoms with van der Waals surface area (Å²) in [5.41, 5.74) is 4.30. The predicted octanol–water partition coefficient (Wildman–Crippen LogP) is 4.87. The van der Waals surface area contributed by atoms with Crippen molar-refractivity contribution in [3.8, 4) is 11.8 Å². The molecule has 0 radical (unpaired) electrons. The molecule has 0 atom stereocenters. The number of carboxylic acid groups (broad SMARTS) is 1. The quantitative estimate of drug-likeness (QED) is 0.566. The first-order valence-corrected chi connectivity index (χ1v) is 10.1. The first kappa shape index (κ1) is 22.3. The van der Waals surface area contributed by atoms with Gasteiger partial charge in [0.2, 0.25) is 0 Å². The van der Waals surface area contributed by atoms with Crippen LogP contribution in [-0.2, 0) is 26.2 Å². The summed E-state index contributed by atoms with van der Waals surface area (Å²) in [6.07, 6.45) is 1.25. The van der Waals surface area contributed by atoms with Crippen LogP contribution in [0.15, 0.2) is 42.0 Å². The van der Waals surface area contributed by atoms with Crippen LogP contribution >= 0.6 is 0 Å². The molecule has 0 saturated heterocycles. The lowest BCUT2D eigenvalue weighted by molar-refractivity contribution is -0.139. The zero-order valence-electron chi connectivity index (χ0n) is 18.1.